The van der Waals surface area contributed by atoms with E-state index in [4.69, 9.17) is 0 Å². The van der Waals surface area contributed by atoms with Crippen molar-refractivity contribution in [1.29, 1.82) is 0 Å². The second-order valence-electron chi connectivity index (χ2n) is 5.55. The quantitative estimate of drug-likeness (QED) is 0.307. The molecule has 1 aromatic carbocycles. The molecular weight excluding hydrogens is 336 g/mol. The zero-order chi connectivity index (χ0) is 17.6. The van der Waals surface area contributed by atoms with E-state index in [9.17, 15) is 23.3 Å². The van der Waals surface area contributed by atoms with Gasteiger partial charge in [-0.15, -0.1) is 0 Å². The van der Waals surface area contributed by atoms with E-state index in [-0.39, 0.29) is 25.5 Å². The van der Waals surface area contributed by atoms with Crippen molar-refractivity contribution < 1.29 is 18.1 Å². The number of benzene rings is 1. The van der Waals surface area contributed by atoms with Crippen molar-refractivity contribution in [2.24, 2.45) is 5.92 Å². The van der Waals surface area contributed by atoms with Gasteiger partial charge in [-0.1, -0.05) is 12.1 Å². The second-order valence-corrected chi connectivity index (χ2v) is 7.28. The van der Waals surface area contributed by atoms with E-state index < -0.39 is 25.5 Å². The number of nitro groups is 1. The molecule has 2 rings (SSSR count). The van der Waals surface area contributed by atoms with Crippen LogP contribution in [0.5, 0.6) is 0 Å². The Bertz CT molecular complexity index is 703. The summed E-state index contributed by atoms with van der Waals surface area (Å²) in [7, 11) is -4.01. The smallest absolute Gasteiger partial charge is 0.289 e. The fourth-order valence-corrected chi connectivity index (χ4v) is 3.28. The third kappa shape index (κ3) is 5.55. The van der Waals surface area contributed by atoms with Gasteiger partial charge in [-0.2, -0.15) is 0 Å². The van der Waals surface area contributed by atoms with Gasteiger partial charge in [-0.05, 0) is 31.4 Å². The Morgan fingerprint density at radius 1 is 1.25 bits per heavy atom. The first kappa shape index (κ1) is 18.3. The van der Waals surface area contributed by atoms with E-state index >= 15 is 0 Å². The Kier molecular flexibility index (Phi) is 6.23. The zero-order valence-corrected chi connectivity index (χ0v) is 13.8. The third-order valence-corrected chi connectivity index (χ3v) is 5.01. The minimum atomic E-state index is -4.01. The highest BCUT2D eigenvalue weighted by Gasteiger charge is 2.24. The van der Waals surface area contributed by atoms with Crippen molar-refractivity contribution in [3.05, 3.63) is 34.4 Å². The number of amides is 1. The van der Waals surface area contributed by atoms with E-state index in [1.165, 1.54) is 31.0 Å². The zero-order valence-electron chi connectivity index (χ0n) is 13.0. The molecule has 0 bridgehead atoms. The molecule has 132 valence electrons. The molecule has 9 nitrogen and oxygen atoms in total. The monoisotopic (exact) mass is 356 g/mol. The Morgan fingerprint density at radius 2 is 1.96 bits per heavy atom. The predicted octanol–water partition coefficient (Wildman–Crippen LogP) is -0.0111. The van der Waals surface area contributed by atoms with Crippen molar-refractivity contribution in [2.75, 3.05) is 26.2 Å². The van der Waals surface area contributed by atoms with Crippen LogP contribution in [0.3, 0.4) is 0 Å². The van der Waals surface area contributed by atoms with E-state index in [0.717, 1.165) is 12.6 Å². The highest BCUT2D eigenvalue weighted by Crippen LogP contribution is 2.27. The predicted molar refractivity (Wildman–Crippen MR) is 86.9 cm³/mol. The van der Waals surface area contributed by atoms with Crippen molar-refractivity contribution in [2.45, 2.75) is 17.7 Å². The molecule has 0 unspecified atom stereocenters. The summed E-state index contributed by atoms with van der Waals surface area (Å²) in [6.07, 6.45) is 2.39. The topological polar surface area (TPSA) is 130 Å². The molecule has 0 radical (unpaired) electrons. The number of rotatable bonds is 10. The summed E-state index contributed by atoms with van der Waals surface area (Å²) in [5, 5.41) is 16.5. The first-order valence-corrected chi connectivity index (χ1v) is 9.09. The summed E-state index contributed by atoms with van der Waals surface area (Å²) in [5.41, 5.74) is -0.488. The third-order valence-electron chi connectivity index (χ3n) is 3.51. The number of nitrogens with zero attached hydrogens (tertiary/aromatic N) is 1. The molecule has 10 heteroatoms. The SMILES string of the molecule is O=C(CNCC1CC1)NCCNS(=O)(=O)c1ccccc1[N+](=O)[O-]. The lowest BCUT2D eigenvalue weighted by molar-refractivity contribution is -0.387. The largest absolute Gasteiger partial charge is 0.354 e. The molecule has 1 saturated carbocycles. The van der Waals surface area contributed by atoms with Crippen LogP contribution in [0.1, 0.15) is 12.8 Å². The Labute approximate surface area is 140 Å². The van der Waals surface area contributed by atoms with Gasteiger partial charge in [-0.25, -0.2) is 13.1 Å². The van der Waals surface area contributed by atoms with Crippen LogP contribution in [0.15, 0.2) is 29.2 Å². The summed E-state index contributed by atoms with van der Waals surface area (Å²) in [6, 6.07) is 5.10. The minimum Gasteiger partial charge on any atom is -0.354 e. The van der Waals surface area contributed by atoms with Crippen LogP contribution in [0, 0.1) is 16.0 Å². The fourth-order valence-electron chi connectivity index (χ4n) is 2.07. The molecule has 0 atom stereocenters. The van der Waals surface area contributed by atoms with Crippen LogP contribution >= 0.6 is 0 Å². The van der Waals surface area contributed by atoms with E-state index in [1.54, 1.807) is 0 Å². The van der Waals surface area contributed by atoms with Crippen molar-refractivity contribution in [3.8, 4) is 0 Å². The Morgan fingerprint density at radius 3 is 2.62 bits per heavy atom. The molecule has 1 aromatic rings. The Balaban J connectivity index is 1.76. The normalized spacial score (nSPS) is 14.3. The van der Waals surface area contributed by atoms with Gasteiger partial charge in [0, 0.05) is 19.2 Å². The number of nitro benzene ring substituents is 1. The molecule has 1 aliphatic rings. The average molecular weight is 356 g/mol. The van der Waals surface area contributed by atoms with Crippen molar-refractivity contribution in [3.63, 3.8) is 0 Å². The van der Waals surface area contributed by atoms with Gasteiger partial charge in [0.15, 0.2) is 4.90 Å². The van der Waals surface area contributed by atoms with Gasteiger partial charge in [0.2, 0.25) is 15.9 Å². The number of nitrogens with one attached hydrogen (secondary N) is 3. The first-order valence-electron chi connectivity index (χ1n) is 7.60. The maximum Gasteiger partial charge on any atom is 0.289 e. The summed E-state index contributed by atoms with van der Waals surface area (Å²) < 4.78 is 26.5. The number of carbonyl (C=O) groups is 1. The summed E-state index contributed by atoms with van der Waals surface area (Å²) in [6.45, 7) is 1.05. The number of carbonyl (C=O) groups excluding carboxylic acids is 1. The van der Waals surface area contributed by atoms with Gasteiger partial charge in [0.05, 0.1) is 11.5 Å². The van der Waals surface area contributed by atoms with Crippen LogP contribution in [0.2, 0.25) is 0 Å². The lowest BCUT2D eigenvalue weighted by Gasteiger charge is -2.09. The second kappa shape index (κ2) is 8.18. The number of sulfonamides is 1. The van der Waals surface area contributed by atoms with Gasteiger partial charge in [-0.3, -0.25) is 14.9 Å². The molecule has 1 aliphatic carbocycles. The average Bonchev–Trinajstić information content (AvgIpc) is 3.36. The summed E-state index contributed by atoms with van der Waals surface area (Å²) in [4.78, 5) is 21.3. The van der Waals surface area contributed by atoms with E-state index in [1.807, 2.05) is 0 Å². The van der Waals surface area contributed by atoms with Crippen LogP contribution in [0.25, 0.3) is 0 Å². The molecule has 0 heterocycles. The van der Waals surface area contributed by atoms with Gasteiger partial charge < -0.3 is 10.6 Å². The molecule has 0 aliphatic heterocycles. The molecule has 3 N–H and O–H groups in total. The van der Waals surface area contributed by atoms with E-state index in [2.05, 4.69) is 15.4 Å². The van der Waals surface area contributed by atoms with Gasteiger partial charge >= 0.3 is 0 Å². The number of para-hydroxylation sites is 1. The van der Waals surface area contributed by atoms with Gasteiger partial charge in [0.1, 0.15) is 0 Å². The molecule has 24 heavy (non-hydrogen) atoms. The molecule has 0 spiro atoms. The molecule has 0 saturated heterocycles. The standard InChI is InChI=1S/C14H20N4O5S/c19-14(10-15-9-11-5-6-11)16-7-8-17-24(22,23)13-4-2-1-3-12(13)18(20)21/h1-4,11,15,17H,5-10H2,(H,16,19). The molecule has 1 fully saturated rings. The molecule has 1 amide bonds. The lowest BCUT2D eigenvalue weighted by atomic mass is 10.3. The Hall–Kier alpha value is -2.04. The van der Waals surface area contributed by atoms with Crippen molar-refractivity contribution >= 4 is 21.6 Å². The maximum atomic E-state index is 12.1. The highest BCUT2D eigenvalue weighted by molar-refractivity contribution is 7.89. The van der Waals surface area contributed by atoms with Crippen LogP contribution < -0.4 is 15.4 Å². The van der Waals surface area contributed by atoms with Crippen LogP contribution in [-0.2, 0) is 14.8 Å². The van der Waals surface area contributed by atoms with Crippen LogP contribution in [-0.4, -0.2) is 45.4 Å². The van der Waals surface area contributed by atoms with E-state index in [0.29, 0.717) is 5.92 Å². The maximum absolute atomic E-state index is 12.1. The number of hydrogen-bond donors (Lipinski definition) is 3. The molecular formula is C14H20N4O5S. The summed E-state index contributed by atoms with van der Waals surface area (Å²) in [5.74, 6) is 0.451. The minimum absolute atomic E-state index is 0.0528. The highest BCUT2D eigenvalue weighted by atomic mass is 32.2. The fraction of sp³-hybridized carbons (Fsp3) is 0.500. The van der Waals surface area contributed by atoms with Crippen LogP contribution in [0.4, 0.5) is 5.69 Å². The van der Waals surface area contributed by atoms with Crippen molar-refractivity contribution in [1.82, 2.24) is 15.4 Å². The van der Waals surface area contributed by atoms with Gasteiger partial charge in [0.25, 0.3) is 5.69 Å². The number of hydrogen-bond acceptors (Lipinski definition) is 6. The first-order chi connectivity index (χ1) is 11.4. The molecule has 0 aromatic heterocycles. The lowest BCUT2D eigenvalue weighted by Crippen LogP contribution is -2.39. The summed E-state index contributed by atoms with van der Waals surface area (Å²) >= 11 is 0.